The van der Waals surface area contributed by atoms with Crippen LogP contribution in [0, 0.1) is 0 Å². The van der Waals surface area contributed by atoms with Crippen LogP contribution in [0.5, 0.6) is 0 Å². The third-order valence-corrected chi connectivity index (χ3v) is 1.52. The van der Waals surface area contributed by atoms with Crippen LogP contribution in [0.1, 0.15) is 20.3 Å². The normalized spacial score (nSPS) is 17.9. The number of nitrogens with one attached hydrogen (secondary N) is 1. The van der Waals surface area contributed by atoms with Gasteiger partial charge in [0.05, 0.1) is 0 Å². The predicted octanol–water partition coefficient (Wildman–Crippen LogP) is 0.511. The first-order chi connectivity index (χ1) is 3.66. The van der Waals surface area contributed by atoms with Crippen molar-refractivity contribution in [2.45, 2.75) is 26.3 Å². The van der Waals surface area contributed by atoms with Gasteiger partial charge in [-0.3, -0.25) is 4.55 Å². The molecular weight excluding hydrogens is 126 g/mol. The van der Waals surface area contributed by atoms with Crippen molar-refractivity contribution in [3.05, 3.63) is 0 Å². The van der Waals surface area contributed by atoms with E-state index in [1.165, 1.54) is 0 Å². The first-order valence-corrected chi connectivity index (χ1v) is 3.64. The molecule has 0 saturated carbocycles. The van der Waals surface area contributed by atoms with Gasteiger partial charge in [-0.2, -0.15) is 0 Å². The molecule has 50 valence electrons. The van der Waals surface area contributed by atoms with Crippen LogP contribution < -0.4 is 4.72 Å². The molecule has 0 aliphatic carbocycles. The minimum Gasteiger partial charge on any atom is -0.294 e. The van der Waals surface area contributed by atoms with Crippen LogP contribution in [-0.4, -0.2) is 14.8 Å². The van der Waals surface area contributed by atoms with Crippen molar-refractivity contribution in [1.82, 2.24) is 4.72 Å². The zero-order valence-electron chi connectivity index (χ0n) is 5.05. The summed E-state index contributed by atoms with van der Waals surface area (Å²) in [6.45, 7) is 3.80. The van der Waals surface area contributed by atoms with Crippen LogP contribution in [0.3, 0.4) is 0 Å². The summed E-state index contributed by atoms with van der Waals surface area (Å²) in [6.07, 6.45) is 0.867. The van der Waals surface area contributed by atoms with Gasteiger partial charge in [0, 0.05) is 6.04 Å². The predicted molar refractivity (Wildman–Crippen MR) is 33.7 cm³/mol. The Hall–Kier alpha value is 0.0700. The van der Waals surface area contributed by atoms with Gasteiger partial charge < -0.3 is 0 Å². The Bertz CT molecular complexity index is 86.1. The third kappa shape index (κ3) is 4.23. The van der Waals surface area contributed by atoms with Crippen LogP contribution >= 0.6 is 0 Å². The highest BCUT2D eigenvalue weighted by Crippen LogP contribution is 1.86. The molecule has 0 aromatic carbocycles. The molecule has 2 unspecified atom stereocenters. The number of hydrogen-bond acceptors (Lipinski definition) is 1. The van der Waals surface area contributed by atoms with Crippen molar-refractivity contribution in [3.63, 3.8) is 0 Å². The van der Waals surface area contributed by atoms with Gasteiger partial charge in [0.15, 0.2) is 0 Å². The van der Waals surface area contributed by atoms with Gasteiger partial charge in [0.2, 0.25) is 11.3 Å². The average molecular weight is 137 g/mol. The molecule has 0 amide bonds. The lowest BCUT2D eigenvalue weighted by atomic mass is 10.3. The topological polar surface area (TPSA) is 49.3 Å². The lowest BCUT2D eigenvalue weighted by Gasteiger charge is -2.04. The highest BCUT2D eigenvalue weighted by atomic mass is 32.2. The van der Waals surface area contributed by atoms with Crippen molar-refractivity contribution >= 4 is 11.3 Å². The van der Waals surface area contributed by atoms with Gasteiger partial charge in [-0.25, -0.2) is 8.93 Å². The molecule has 0 radical (unpaired) electrons. The molecule has 2 atom stereocenters. The first kappa shape index (κ1) is 8.07. The van der Waals surface area contributed by atoms with Crippen LogP contribution in [0.15, 0.2) is 0 Å². The number of rotatable bonds is 3. The lowest BCUT2D eigenvalue weighted by Crippen LogP contribution is -2.26. The molecule has 3 nitrogen and oxygen atoms in total. The standard InChI is InChI=1S/C4H11NO2S/c1-3-4(2)5-8(6)7/h4-5H,3H2,1-2H3,(H,6,7). The Morgan fingerprint density at radius 1 is 1.88 bits per heavy atom. The van der Waals surface area contributed by atoms with Gasteiger partial charge in [0.1, 0.15) is 0 Å². The summed E-state index contributed by atoms with van der Waals surface area (Å²) in [5, 5.41) is 0. The molecule has 0 aliphatic heterocycles. The summed E-state index contributed by atoms with van der Waals surface area (Å²) in [5.74, 6) is 0. The molecule has 0 fully saturated rings. The Kier molecular flexibility index (Phi) is 4.03. The van der Waals surface area contributed by atoms with Gasteiger partial charge in [-0.05, 0) is 13.3 Å². The van der Waals surface area contributed by atoms with Crippen molar-refractivity contribution < 1.29 is 8.76 Å². The van der Waals surface area contributed by atoms with Crippen molar-refractivity contribution in [3.8, 4) is 0 Å². The first-order valence-electron chi connectivity index (χ1n) is 2.53. The Morgan fingerprint density at radius 3 is 2.50 bits per heavy atom. The van der Waals surface area contributed by atoms with E-state index in [0.717, 1.165) is 6.42 Å². The zero-order valence-corrected chi connectivity index (χ0v) is 5.86. The molecule has 0 saturated heterocycles. The fraction of sp³-hybridized carbons (Fsp3) is 1.00. The maximum atomic E-state index is 9.97. The van der Waals surface area contributed by atoms with Crippen molar-refractivity contribution in [2.24, 2.45) is 0 Å². The van der Waals surface area contributed by atoms with Crippen molar-refractivity contribution in [2.75, 3.05) is 0 Å². The maximum absolute atomic E-state index is 9.97. The summed E-state index contributed by atoms with van der Waals surface area (Å²) in [5.41, 5.74) is 0. The molecule has 0 aromatic rings. The Morgan fingerprint density at radius 2 is 2.38 bits per heavy atom. The van der Waals surface area contributed by atoms with Gasteiger partial charge >= 0.3 is 0 Å². The minimum absolute atomic E-state index is 0.126. The smallest absolute Gasteiger partial charge is 0.231 e. The SMILES string of the molecule is CCC(C)NS(=O)O. The Balaban J connectivity index is 3.24. The van der Waals surface area contributed by atoms with Gasteiger partial charge in [-0.15, -0.1) is 0 Å². The van der Waals surface area contributed by atoms with Crippen LogP contribution in [0.2, 0.25) is 0 Å². The van der Waals surface area contributed by atoms with Crippen LogP contribution in [0.4, 0.5) is 0 Å². The van der Waals surface area contributed by atoms with E-state index >= 15 is 0 Å². The van der Waals surface area contributed by atoms with E-state index in [0.29, 0.717) is 0 Å². The highest BCUT2D eigenvalue weighted by molar-refractivity contribution is 7.77. The lowest BCUT2D eigenvalue weighted by molar-refractivity contribution is 0.527. The van der Waals surface area contributed by atoms with E-state index < -0.39 is 11.3 Å². The molecule has 0 bridgehead atoms. The van der Waals surface area contributed by atoms with E-state index in [9.17, 15) is 4.21 Å². The second kappa shape index (κ2) is 4.00. The maximum Gasteiger partial charge on any atom is 0.231 e. The Labute approximate surface area is 51.9 Å². The van der Waals surface area contributed by atoms with E-state index in [4.69, 9.17) is 4.55 Å². The van der Waals surface area contributed by atoms with Gasteiger partial charge in [-0.1, -0.05) is 6.92 Å². The zero-order chi connectivity index (χ0) is 6.57. The summed E-state index contributed by atoms with van der Waals surface area (Å²) in [7, 11) is 0. The molecule has 0 aromatic heterocycles. The summed E-state index contributed by atoms with van der Waals surface area (Å²) >= 11 is -1.85. The fourth-order valence-corrected chi connectivity index (χ4v) is 0.766. The second-order valence-corrected chi connectivity index (χ2v) is 2.41. The second-order valence-electron chi connectivity index (χ2n) is 1.68. The molecular formula is C4H11NO2S. The van der Waals surface area contributed by atoms with E-state index in [1.807, 2.05) is 13.8 Å². The average Bonchev–Trinajstić information content (AvgIpc) is 1.65. The monoisotopic (exact) mass is 137 g/mol. The molecule has 2 N–H and O–H groups in total. The van der Waals surface area contributed by atoms with Gasteiger partial charge in [0.25, 0.3) is 0 Å². The summed E-state index contributed by atoms with van der Waals surface area (Å²) in [6, 6.07) is 0.126. The summed E-state index contributed by atoms with van der Waals surface area (Å²) in [4.78, 5) is 0. The largest absolute Gasteiger partial charge is 0.294 e. The van der Waals surface area contributed by atoms with Crippen LogP contribution in [-0.2, 0) is 11.3 Å². The van der Waals surface area contributed by atoms with E-state index in [2.05, 4.69) is 4.72 Å². The minimum atomic E-state index is -1.85. The molecule has 0 spiro atoms. The molecule has 4 heteroatoms. The van der Waals surface area contributed by atoms with Crippen LogP contribution in [0.25, 0.3) is 0 Å². The summed E-state index contributed by atoms with van der Waals surface area (Å²) < 4.78 is 20.6. The molecule has 0 aliphatic rings. The number of hydrogen-bond donors (Lipinski definition) is 2. The quantitative estimate of drug-likeness (QED) is 0.557. The molecule has 0 rings (SSSR count). The molecule has 0 heterocycles. The fourth-order valence-electron chi connectivity index (χ4n) is 0.255. The van der Waals surface area contributed by atoms with E-state index in [1.54, 1.807) is 0 Å². The van der Waals surface area contributed by atoms with E-state index in [-0.39, 0.29) is 6.04 Å². The highest BCUT2D eigenvalue weighted by Gasteiger charge is 1.98. The van der Waals surface area contributed by atoms with Crippen molar-refractivity contribution in [1.29, 1.82) is 0 Å². The molecule has 8 heavy (non-hydrogen) atoms. The third-order valence-electron chi connectivity index (χ3n) is 0.914.